The maximum Gasteiger partial charge on any atom is 0.258 e. The summed E-state index contributed by atoms with van der Waals surface area (Å²) in [6, 6.07) is 0. The highest BCUT2D eigenvalue weighted by Gasteiger charge is 2.06. The lowest BCUT2D eigenvalue weighted by Gasteiger charge is -2.06. The number of rotatable bonds is 7. The third kappa shape index (κ3) is 3.85. The second kappa shape index (κ2) is 6.59. The molecule has 0 unspecified atom stereocenters. The molecule has 9 heteroatoms. The molecule has 0 fully saturated rings. The van der Waals surface area contributed by atoms with Crippen LogP contribution >= 0.6 is 0 Å². The number of hydrogen-bond acceptors (Lipinski definition) is 8. The summed E-state index contributed by atoms with van der Waals surface area (Å²) in [6.07, 6.45) is 5.54. The van der Waals surface area contributed by atoms with Crippen molar-refractivity contribution in [3.8, 4) is 5.95 Å². The largest absolute Gasteiger partial charge is 0.396 e. The zero-order valence-electron chi connectivity index (χ0n) is 10.4. The van der Waals surface area contributed by atoms with Gasteiger partial charge in [0.1, 0.15) is 12.7 Å². The average molecular weight is 264 g/mol. The van der Waals surface area contributed by atoms with E-state index >= 15 is 0 Å². The third-order valence-electron chi connectivity index (χ3n) is 2.38. The van der Waals surface area contributed by atoms with Gasteiger partial charge in [-0.05, 0) is 19.3 Å². The normalized spacial score (nSPS) is 10.6. The van der Waals surface area contributed by atoms with Gasteiger partial charge < -0.3 is 16.2 Å². The van der Waals surface area contributed by atoms with E-state index in [1.807, 2.05) is 0 Å². The van der Waals surface area contributed by atoms with Gasteiger partial charge in [0.05, 0.1) is 0 Å². The Labute approximate surface area is 109 Å². The summed E-state index contributed by atoms with van der Waals surface area (Å²) in [4.78, 5) is 16.0. The maximum atomic E-state index is 8.68. The molecule has 4 N–H and O–H groups in total. The topological polar surface area (TPSA) is 128 Å². The van der Waals surface area contributed by atoms with Gasteiger partial charge in [-0.2, -0.15) is 24.7 Å². The van der Waals surface area contributed by atoms with Crippen molar-refractivity contribution in [2.45, 2.75) is 19.3 Å². The Morgan fingerprint density at radius 1 is 1.21 bits per heavy atom. The second-order valence-electron chi connectivity index (χ2n) is 3.87. The van der Waals surface area contributed by atoms with Crippen molar-refractivity contribution in [2.24, 2.45) is 0 Å². The van der Waals surface area contributed by atoms with Crippen LogP contribution < -0.4 is 11.1 Å². The lowest BCUT2D eigenvalue weighted by molar-refractivity contribution is 0.283. The number of anilines is 2. The van der Waals surface area contributed by atoms with E-state index < -0.39 is 0 Å². The van der Waals surface area contributed by atoms with Gasteiger partial charge in [0.25, 0.3) is 5.95 Å². The molecule has 2 heterocycles. The van der Waals surface area contributed by atoms with Gasteiger partial charge in [-0.25, -0.2) is 4.98 Å². The van der Waals surface area contributed by atoms with E-state index in [4.69, 9.17) is 10.8 Å². The number of nitrogen functional groups attached to an aromatic ring is 1. The third-order valence-corrected chi connectivity index (χ3v) is 2.38. The molecule has 0 atom stereocenters. The zero-order valence-corrected chi connectivity index (χ0v) is 10.4. The molecule has 0 radical (unpaired) electrons. The Morgan fingerprint density at radius 3 is 2.84 bits per heavy atom. The summed E-state index contributed by atoms with van der Waals surface area (Å²) < 4.78 is 1.41. The van der Waals surface area contributed by atoms with Crippen LogP contribution in [-0.4, -0.2) is 48.0 Å². The van der Waals surface area contributed by atoms with E-state index in [1.54, 1.807) is 0 Å². The van der Waals surface area contributed by atoms with Gasteiger partial charge in [-0.3, -0.25) is 0 Å². The molecule has 2 rings (SSSR count). The maximum absolute atomic E-state index is 8.68. The molecule has 0 aliphatic rings. The van der Waals surface area contributed by atoms with Crippen LogP contribution in [0.3, 0.4) is 0 Å². The van der Waals surface area contributed by atoms with Gasteiger partial charge in [0.15, 0.2) is 0 Å². The van der Waals surface area contributed by atoms with Crippen LogP contribution in [-0.2, 0) is 0 Å². The van der Waals surface area contributed by atoms with Gasteiger partial charge in [-0.15, -0.1) is 0 Å². The van der Waals surface area contributed by atoms with E-state index in [1.165, 1.54) is 17.3 Å². The second-order valence-corrected chi connectivity index (χ2v) is 3.87. The van der Waals surface area contributed by atoms with E-state index in [9.17, 15) is 0 Å². The fraction of sp³-hybridized carbons (Fsp3) is 0.500. The smallest absolute Gasteiger partial charge is 0.258 e. The first kappa shape index (κ1) is 13.1. The molecule has 0 aliphatic heterocycles. The molecule has 0 bridgehead atoms. The van der Waals surface area contributed by atoms with E-state index in [2.05, 4.69) is 30.4 Å². The first-order chi connectivity index (χ1) is 9.29. The minimum Gasteiger partial charge on any atom is -0.396 e. The highest BCUT2D eigenvalue weighted by atomic mass is 16.2. The molecule has 2 aromatic heterocycles. The van der Waals surface area contributed by atoms with Crippen molar-refractivity contribution in [2.75, 3.05) is 24.2 Å². The predicted octanol–water partition coefficient (Wildman–Crippen LogP) is -0.391. The first-order valence-corrected chi connectivity index (χ1v) is 6.01. The molecule has 19 heavy (non-hydrogen) atoms. The van der Waals surface area contributed by atoms with Crippen LogP contribution in [0.2, 0.25) is 0 Å². The molecule has 0 saturated carbocycles. The molecule has 0 spiro atoms. The number of nitrogens with two attached hydrogens (primary N) is 1. The van der Waals surface area contributed by atoms with Gasteiger partial charge in [0, 0.05) is 13.2 Å². The van der Waals surface area contributed by atoms with E-state index in [0.717, 1.165) is 19.3 Å². The van der Waals surface area contributed by atoms with Crippen LogP contribution in [0, 0.1) is 0 Å². The minimum absolute atomic E-state index is 0.123. The molecule has 0 aromatic carbocycles. The van der Waals surface area contributed by atoms with Crippen molar-refractivity contribution in [3.05, 3.63) is 12.7 Å². The van der Waals surface area contributed by atoms with Crippen LogP contribution in [0.1, 0.15) is 19.3 Å². The molecule has 0 amide bonds. The van der Waals surface area contributed by atoms with Crippen molar-refractivity contribution in [1.82, 2.24) is 29.7 Å². The Hall–Kier alpha value is -2.29. The Morgan fingerprint density at radius 2 is 2.11 bits per heavy atom. The fourth-order valence-electron chi connectivity index (χ4n) is 1.49. The van der Waals surface area contributed by atoms with Crippen molar-refractivity contribution >= 4 is 11.9 Å². The van der Waals surface area contributed by atoms with Gasteiger partial charge in [-0.1, -0.05) is 0 Å². The average Bonchev–Trinajstić information content (AvgIpc) is 2.92. The summed E-state index contributed by atoms with van der Waals surface area (Å²) in [5, 5.41) is 15.7. The van der Waals surface area contributed by atoms with E-state index in [-0.39, 0.29) is 12.6 Å². The summed E-state index contributed by atoms with van der Waals surface area (Å²) in [7, 11) is 0. The number of aliphatic hydroxyl groups excluding tert-OH is 1. The van der Waals surface area contributed by atoms with Crippen molar-refractivity contribution in [1.29, 1.82) is 0 Å². The van der Waals surface area contributed by atoms with Gasteiger partial charge in [0.2, 0.25) is 11.9 Å². The zero-order chi connectivity index (χ0) is 13.5. The summed E-state index contributed by atoms with van der Waals surface area (Å²) >= 11 is 0. The molecule has 2 aromatic rings. The molecular weight excluding hydrogens is 248 g/mol. The van der Waals surface area contributed by atoms with E-state index in [0.29, 0.717) is 18.4 Å². The number of aromatic nitrogens is 6. The lowest BCUT2D eigenvalue weighted by Crippen LogP contribution is -2.12. The Balaban J connectivity index is 1.97. The summed E-state index contributed by atoms with van der Waals surface area (Å²) in [5.74, 6) is 0.850. The van der Waals surface area contributed by atoms with Crippen LogP contribution in [0.5, 0.6) is 0 Å². The number of aliphatic hydroxyl groups is 1. The number of nitrogens with zero attached hydrogens (tertiary/aromatic N) is 6. The van der Waals surface area contributed by atoms with Crippen LogP contribution in [0.25, 0.3) is 5.95 Å². The minimum atomic E-state index is 0.123. The Bertz CT molecular complexity index is 500. The standard InChI is InChI=1S/C10H16N8O/c11-8-15-9(13-4-2-1-3-5-19)17-10(16-8)18-7-12-6-14-18/h6-7,19H,1-5H2,(H3,11,13,15,16,17). The highest BCUT2D eigenvalue weighted by molar-refractivity contribution is 5.34. The summed E-state index contributed by atoms with van der Waals surface area (Å²) in [5.41, 5.74) is 5.62. The van der Waals surface area contributed by atoms with Crippen LogP contribution in [0.4, 0.5) is 11.9 Å². The fourth-order valence-corrected chi connectivity index (χ4v) is 1.49. The van der Waals surface area contributed by atoms with Gasteiger partial charge >= 0.3 is 0 Å². The molecule has 102 valence electrons. The van der Waals surface area contributed by atoms with Crippen molar-refractivity contribution < 1.29 is 5.11 Å². The summed E-state index contributed by atoms with van der Waals surface area (Å²) in [6.45, 7) is 0.926. The number of unbranched alkanes of at least 4 members (excludes halogenated alkanes) is 2. The number of hydrogen-bond donors (Lipinski definition) is 3. The molecule has 0 saturated heterocycles. The SMILES string of the molecule is Nc1nc(NCCCCCO)nc(-n2cncn2)n1. The molecule has 0 aliphatic carbocycles. The molecule has 9 nitrogen and oxygen atoms in total. The van der Waals surface area contributed by atoms with Crippen molar-refractivity contribution in [3.63, 3.8) is 0 Å². The molecular formula is C10H16N8O. The first-order valence-electron chi connectivity index (χ1n) is 6.01. The van der Waals surface area contributed by atoms with Crippen LogP contribution in [0.15, 0.2) is 12.7 Å². The Kier molecular flexibility index (Phi) is 4.56. The highest BCUT2D eigenvalue weighted by Crippen LogP contribution is 2.06. The predicted molar refractivity (Wildman–Crippen MR) is 68.6 cm³/mol. The monoisotopic (exact) mass is 264 g/mol. The quantitative estimate of drug-likeness (QED) is 0.577. The number of nitrogens with one attached hydrogen (secondary N) is 1. The lowest BCUT2D eigenvalue weighted by atomic mass is 10.2.